The highest BCUT2D eigenvalue weighted by Gasteiger charge is 2.26. The second-order valence-electron chi connectivity index (χ2n) is 8.14. The summed E-state index contributed by atoms with van der Waals surface area (Å²) >= 11 is 0. The van der Waals surface area contributed by atoms with Gasteiger partial charge in [-0.3, -0.25) is 9.79 Å². The molecule has 0 atom stereocenters. The SMILES string of the molecule is CCN(CC1CC1)C(=O)C(C)=N/C=C(\C)c1ccc(C(C)(C)C)cc1. The first-order valence-electron chi connectivity index (χ1n) is 9.33. The summed E-state index contributed by atoms with van der Waals surface area (Å²) < 4.78 is 0. The zero-order valence-electron chi connectivity index (χ0n) is 16.6. The Labute approximate surface area is 152 Å². The molecule has 0 saturated heterocycles. The quantitative estimate of drug-likeness (QED) is 0.666. The third kappa shape index (κ3) is 5.55. The van der Waals surface area contributed by atoms with Crippen LogP contribution in [0.3, 0.4) is 0 Å². The van der Waals surface area contributed by atoms with Gasteiger partial charge in [0.2, 0.25) is 0 Å². The van der Waals surface area contributed by atoms with Crippen LogP contribution in [-0.4, -0.2) is 29.6 Å². The third-order valence-electron chi connectivity index (χ3n) is 4.81. The highest BCUT2D eigenvalue weighted by molar-refractivity contribution is 6.38. The van der Waals surface area contributed by atoms with Crippen LogP contribution >= 0.6 is 0 Å². The first-order valence-corrected chi connectivity index (χ1v) is 9.33. The van der Waals surface area contributed by atoms with Crippen molar-refractivity contribution in [1.29, 1.82) is 0 Å². The minimum absolute atomic E-state index is 0.0570. The molecular weight excluding hydrogens is 308 g/mol. The fourth-order valence-electron chi connectivity index (χ4n) is 2.75. The summed E-state index contributed by atoms with van der Waals surface area (Å²) in [5.74, 6) is 0.761. The molecule has 1 aromatic carbocycles. The summed E-state index contributed by atoms with van der Waals surface area (Å²) in [6.07, 6.45) is 4.32. The van der Waals surface area contributed by atoms with Crippen molar-refractivity contribution in [1.82, 2.24) is 4.90 Å². The van der Waals surface area contributed by atoms with Crippen LogP contribution < -0.4 is 0 Å². The number of aliphatic imine (C=N–C) groups is 1. The Morgan fingerprint density at radius 2 is 1.80 bits per heavy atom. The van der Waals surface area contributed by atoms with Gasteiger partial charge in [-0.25, -0.2) is 0 Å². The molecule has 0 bridgehead atoms. The van der Waals surface area contributed by atoms with Gasteiger partial charge in [-0.1, -0.05) is 45.0 Å². The van der Waals surface area contributed by atoms with E-state index >= 15 is 0 Å². The van der Waals surface area contributed by atoms with Gasteiger partial charge in [0, 0.05) is 19.3 Å². The second-order valence-corrected chi connectivity index (χ2v) is 8.14. The van der Waals surface area contributed by atoms with Gasteiger partial charge in [0.05, 0.1) is 0 Å². The zero-order chi connectivity index (χ0) is 18.6. The van der Waals surface area contributed by atoms with E-state index in [1.807, 2.05) is 31.9 Å². The number of carbonyl (C=O) groups is 1. The van der Waals surface area contributed by atoms with E-state index in [1.165, 1.54) is 18.4 Å². The number of benzene rings is 1. The van der Waals surface area contributed by atoms with Crippen molar-refractivity contribution in [2.75, 3.05) is 13.1 Å². The molecule has 136 valence electrons. The Morgan fingerprint density at radius 1 is 1.20 bits per heavy atom. The lowest BCUT2D eigenvalue weighted by atomic mass is 9.86. The summed E-state index contributed by atoms with van der Waals surface area (Å²) in [6.45, 7) is 14.1. The van der Waals surface area contributed by atoms with E-state index < -0.39 is 0 Å². The van der Waals surface area contributed by atoms with Crippen molar-refractivity contribution in [3.8, 4) is 0 Å². The van der Waals surface area contributed by atoms with E-state index in [0.29, 0.717) is 11.6 Å². The molecular formula is C22H32N2O. The number of hydrogen-bond donors (Lipinski definition) is 0. The van der Waals surface area contributed by atoms with Crippen LogP contribution in [0.5, 0.6) is 0 Å². The molecule has 2 rings (SSSR count). The van der Waals surface area contributed by atoms with Crippen LogP contribution in [0.25, 0.3) is 5.57 Å². The molecule has 1 aliphatic carbocycles. The minimum atomic E-state index is 0.0570. The predicted molar refractivity (Wildman–Crippen MR) is 107 cm³/mol. The molecule has 3 heteroatoms. The molecule has 0 N–H and O–H groups in total. The molecule has 0 heterocycles. The second kappa shape index (κ2) is 7.99. The van der Waals surface area contributed by atoms with Crippen LogP contribution in [0.4, 0.5) is 0 Å². The molecule has 1 fully saturated rings. The lowest BCUT2D eigenvalue weighted by molar-refractivity contribution is -0.124. The zero-order valence-corrected chi connectivity index (χ0v) is 16.6. The molecule has 0 radical (unpaired) electrons. The van der Waals surface area contributed by atoms with Gasteiger partial charge >= 0.3 is 0 Å². The third-order valence-corrected chi connectivity index (χ3v) is 4.81. The number of amides is 1. The molecule has 1 amide bonds. The highest BCUT2D eigenvalue weighted by atomic mass is 16.2. The van der Waals surface area contributed by atoms with Gasteiger partial charge in [0.15, 0.2) is 0 Å². The molecule has 25 heavy (non-hydrogen) atoms. The van der Waals surface area contributed by atoms with Crippen LogP contribution in [-0.2, 0) is 10.2 Å². The van der Waals surface area contributed by atoms with Crippen molar-refractivity contribution in [2.24, 2.45) is 10.9 Å². The van der Waals surface area contributed by atoms with E-state index in [2.05, 4.69) is 50.0 Å². The van der Waals surface area contributed by atoms with Crippen molar-refractivity contribution in [3.63, 3.8) is 0 Å². The largest absolute Gasteiger partial charge is 0.338 e. The number of nitrogens with zero attached hydrogens (tertiary/aromatic N) is 2. The predicted octanol–water partition coefficient (Wildman–Crippen LogP) is 5.06. The number of hydrogen-bond acceptors (Lipinski definition) is 2. The monoisotopic (exact) mass is 340 g/mol. The Hall–Kier alpha value is -1.90. The molecule has 0 unspecified atom stereocenters. The number of rotatable bonds is 6. The highest BCUT2D eigenvalue weighted by Crippen LogP contribution is 2.29. The first kappa shape index (κ1) is 19.4. The van der Waals surface area contributed by atoms with Gasteiger partial charge < -0.3 is 4.90 Å². The lowest BCUT2D eigenvalue weighted by Gasteiger charge is -2.20. The van der Waals surface area contributed by atoms with Gasteiger partial charge in [-0.15, -0.1) is 0 Å². The Kier molecular flexibility index (Phi) is 6.21. The van der Waals surface area contributed by atoms with E-state index in [0.717, 1.165) is 24.2 Å². The number of allylic oxidation sites excluding steroid dienone is 1. The Morgan fingerprint density at radius 3 is 2.28 bits per heavy atom. The van der Waals surface area contributed by atoms with Crippen molar-refractivity contribution in [3.05, 3.63) is 41.6 Å². The molecule has 0 aromatic heterocycles. The van der Waals surface area contributed by atoms with Crippen LogP contribution in [0.2, 0.25) is 0 Å². The maximum absolute atomic E-state index is 12.5. The molecule has 0 aliphatic heterocycles. The summed E-state index contributed by atoms with van der Waals surface area (Å²) in [5, 5.41) is 0. The van der Waals surface area contributed by atoms with Gasteiger partial charge in [-0.05, 0) is 61.6 Å². The molecule has 3 nitrogen and oxygen atoms in total. The lowest BCUT2D eigenvalue weighted by Crippen LogP contribution is -2.36. The average molecular weight is 341 g/mol. The maximum atomic E-state index is 12.5. The van der Waals surface area contributed by atoms with Crippen LogP contribution in [0, 0.1) is 5.92 Å². The number of carbonyl (C=O) groups excluding carboxylic acids is 1. The van der Waals surface area contributed by atoms with E-state index in [-0.39, 0.29) is 11.3 Å². The van der Waals surface area contributed by atoms with E-state index in [4.69, 9.17) is 0 Å². The van der Waals surface area contributed by atoms with Gasteiger partial charge in [0.25, 0.3) is 5.91 Å². The molecule has 1 saturated carbocycles. The topological polar surface area (TPSA) is 32.7 Å². The summed E-state index contributed by atoms with van der Waals surface area (Å²) in [6, 6.07) is 8.60. The van der Waals surface area contributed by atoms with Gasteiger partial charge in [-0.2, -0.15) is 0 Å². The van der Waals surface area contributed by atoms with Crippen LogP contribution in [0.1, 0.15) is 65.5 Å². The molecule has 1 aromatic rings. The van der Waals surface area contributed by atoms with Crippen molar-refractivity contribution < 1.29 is 4.79 Å². The fourth-order valence-corrected chi connectivity index (χ4v) is 2.75. The first-order chi connectivity index (χ1) is 11.7. The molecule has 0 spiro atoms. The fraction of sp³-hybridized carbons (Fsp3) is 0.545. The van der Waals surface area contributed by atoms with Crippen molar-refractivity contribution >= 4 is 17.2 Å². The molecule has 1 aliphatic rings. The van der Waals surface area contributed by atoms with Gasteiger partial charge in [0.1, 0.15) is 5.71 Å². The minimum Gasteiger partial charge on any atom is -0.338 e. The van der Waals surface area contributed by atoms with E-state index in [1.54, 1.807) is 0 Å². The average Bonchev–Trinajstić information content (AvgIpc) is 3.40. The summed E-state index contributed by atoms with van der Waals surface area (Å²) in [7, 11) is 0. The smallest absolute Gasteiger partial charge is 0.267 e. The summed E-state index contributed by atoms with van der Waals surface area (Å²) in [5.41, 5.74) is 4.24. The Bertz CT molecular complexity index is 658. The maximum Gasteiger partial charge on any atom is 0.267 e. The summed E-state index contributed by atoms with van der Waals surface area (Å²) in [4.78, 5) is 18.9. The van der Waals surface area contributed by atoms with Crippen molar-refractivity contribution in [2.45, 2.75) is 59.8 Å². The van der Waals surface area contributed by atoms with Crippen LogP contribution in [0.15, 0.2) is 35.5 Å². The normalized spacial score (nSPS) is 16.1. The standard InChI is InChI=1S/C22H32N2O/c1-7-24(15-18-8-9-18)21(25)17(3)23-14-16(2)19-10-12-20(13-11-19)22(4,5)6/h10-14,18H,7-9,15H2,1-6H3/b16-14+,23-17?. The van der Waals surface area contributed by atoms with E-state index in [9.17, 15) is 4.79 Å². The Balaban J connectivity index is 2.07.